The van der Waals surface area contributed by atoms with E-state index in [0.29, 0.717) is 11.0 Å². The maximum atomic E-state index is 12.8. The fourth-order valence-corrected chi connectivity index (χ4v) is 3.81. The molecule has 0 bridgehead atoms. The van der Waals surface area contributed by atoms with Crippen LogP contribution in [0.1, 0.15) is 12.5 Å². The molecule has 6 nitrogen and oxygen atoms in total. The highest BCUT2D eigenvalue weighted by Gasteiger charge is 2.20. The first-order valence-electron chi connectivity index (χ1n) is 9.26. The number of nitrogens with one attached hydrogen (secondary N) is 1. The van der Waals surface area contributed by atoms with Crippen LogP contribution in [0.5, 0.6) is 0 Å². The zero-order valence-corrected chi connectivity index (χ0v) is 17.0. The summed E-state index contributed by atoms with van der Waals surface area (Å²) in [5.74, 6) is 6.63. The van der Waals surface area contributed by atoms with E-state index in [1.54, 1.807) is 0 Å². The number of aryl methyl sites for hydroxylation is 1. The summed E-state index contributed by atoms with van der Waals surface area (Å²) in [5, 5.41) is 13.5. The minimum Gasteiger partial charge on any atom is -0.335 e. The van der Waals surface area contributed by atoms with Gasteiger partial charge in [0.2, 0.25) is 11.1 Å². The summed E-state index contributed by atoms with van der Waals surface area (Å²) in [5.41, 5.74) is 2.82. The van der Waals surface area contributed by atoms with Crippen LogP contribution in [0.25, 0.3) is 22.2 Å². The number of carbonyl (C=O) groups is 1. The van der Waals surface area contributed by atoms with Crippen LogP contribution in [0, 0.1) is 6.92 Å². The number of anilines is 1. The third-order valence-electron chi connectivity index (χ3n) is 4.67. The molecule has 29 heavy (non-hydrogen) atoms. The number of nitrogens with two attached hydrogens (primary N) is 1. The number of amides is 1. The van der Waals surface area contributed by atoms with E-state index in [1.807, 2.05) is 80.6 Å². The maximum Gasteiger partial charge on any atom is 0.237 e. The summed E-state index contributed by atoms with van der Waals surface area (Å²) in [6.07, 6.45) is 0. The second-order valence-corrected chi connectivity index (χ2v) is 8.13. The number of benzene rings is 3. The summed E-state index contributed by atoms with van der Waals surface area (Å²) >= 11 is 1.27. The Labute approximate surface area is 173 Å². The minimum atomic E-state index is -0.397. The monoisotopic (exact) mass is 403 g/mol. The Morgan fingerprint density at radius 1 is 1.03 bits per heavy atom. The molecule has 1 heterocycles. The Hall–Kier alpha value is -3.32. The van der Waals surface area contributed by atoms with Crippen molar-refractivity contribution in [1.29, 1.82) is 0 Å². The van der Waals surface area contributed by atoms with E-state index in [1.165, 1.54) is 16.4 Å². The van der Waals surface area contributed by atoms with Crippen LogP contribution in [-0.2, 0) is 4.79 Å². The van der Waals surface area contributed by atoms with Crippen LogP contribution < -0.4 is 11.2 Å². The van der Waals surface area contributed by atoms with Gasteiger partial charge in [-0.1, -0.05) is 78.0 Å². The lowest BCUT2D eigenvalue weighted by molar-refractivity contribution is -0.115. The van der Waals surface area contributed by atoms with Crippen LogP contribution in [-0.4, -0.2) is 26.0 Å². The molecule has 146 valence electrons. The predicted molar refractivity (Wildman–Crippen MR) is 118 cm³/mol. The lowest BCUT2D eigenvalue weighted by Crippen LogP contribution is -2.23. The Morgan fingerprint density at radius 3 is 2.55 bits per heavy atom. The fourth-order valence-electron chi connectivity index (χ4n) is 3.04. The van der Waals surface area contributed by atoms with E-state index in [9.17, 15) is 4.79 Å². The molecule has 4 aromatic rings. The molecule has 0 saturated carbocycles. The van der Waals surface area contributed by atoms with Crippen molar-refractivity contribution in [3.63, 3.8) is 0 Å². The molecule has 0 spiro atoms. The molecule has 0 aliphatic heterocycles. The number of thioether (sulfide) groups is 1. The molecule has 4 rings (SSSR count). The molecule has 0 aliphatic carbocycles. The van der Waals surface area contributed by atoms with Gasteiger partial charge < -0.3 is 11.2 Å². The standard InChI is InChI=1S/C22H21N5OS/c1-14-10-12-17(13-11-14)20-25-26-22(27(20)23)29-15(2)21(28)24-19-9-5-7-16-6-3-4-8-18(16)19/h3-13,15H,23H2,1-2H3,(H,24,28)/t15-/m0/s1. The number of nitrogens with zero attached hydrogens (tertiary/aromatic N) is 3. The number of carbonyl (C=O) groups excluding carboxylic acids is 1. The lowest BCUT2D eigenvalue weighted by atomic mass is 10.1. The van der Waals surface area contributed by atoms with E-state index in [0.717, 1.165) is 27.6 Å². The Balaban J connectivity index is 1.50. The maximum absolute atomic E-state index is 12.8. The largest absolute Gasteiger partial charge is 0.335 e. The van der Waals surface area contributed by atoms with E-state index < -0.39 is 5.25 Å². The molecule has 0 unspecified atom stereocenters. The number of aromatic nitrogens is 3. The van der Waals surface area contributed by atoms with Crippen molar-refractivity contribution in [1.82, 2.24) is 14.9 Å². The highest BCUT2D eigenvalue weighted by atomic mass is 32.2. The summed E-state index contributed by atoms with van der Waals surface area (Å²) in [4.78, 5) is 12.8. The summed E-state index contributed by atoms with van der Waals surface area (Å²) in [6.45, 7) is 3.85. The molecule has 0 radical (unpaired) electrons. The average Bonchev–Trinajstić information content (AvgIpc) is 3.09. The average molecular weight is 404 g/mol. The van der Waals surface area contributed by atoms with Crippen LogP contribution in [0.15, 0.2) is 71.9 Å². The highest BCUT2D eigenvalue weighted by molar-refractivity contribution is 8.00. The summed E-state index contributed by atoms with van der Waals surface area (Å²) < 4.78 is 1.43. The van der Waals surface area contributed by atoms with Crippen LogP contribution in [0.2, 0.25) is 0 Å². The van der Waals surface area contributed by atoms with Crippen molar-refractivity contribution in [2.75, 3.05) is 11.2 Å². The van der Waals surface area contributed by atoms with Gasteiger partial charge in [0, 0.05) is 16.6 Å². The van der Waals surface area contributed by atoms with Crippen LogP contribution in [0.3, 0.4) is 0 Å². The number of fused-ring (bicyclic) bond motifs is 1. The van der Waals surface area contributed by atoms with Gasteiger partial charge in [-0.15, -0.1) is 10.2 Å². The third-order valence-corrected chi connectivity index (χ3v) is 5.73. The molecule has 0 aliphatic rings. The van der Waals surface area contributed by atoms with Gasteiger partial charge in [-0.3, -0.25) is 4.79 Å². The first-order chi connectivity index (χ1) is 14.0. The Kier molecular flexibility index (Phi) is 5.22. The molecular formula is C22H21N5OS. The fraction of sp³-hybridized carbons (Fsp3) is 0.136. The molecule has 1 aromatic heterocycles. The van der Waals surface area contributed by atoms with Crippen molar-refractivity contribution in [3.8, 4) is 11.4 Å². The van der Waals surface area contributed by atoms with Crippen molar-refractivity contribution in [3.05, 3.63) is 72.3 Å². The molecule has 3 N–H and O–H groups in total. The SMILES string of the molecule is Cc1ccc(-c2nnc(S[C@@H](C)C(=O)Nc3cccc4ccccc34)n2N)cc1. The van der Waals surface area contributed by atoms with Gasteiger partial charge in [0.1, 0.15) is 0 Å². The molecule has 1 amide bonds. The quantitative estimate of drug-likeness (QED) is 0.384. The molecular weight excluding hydrogens is 382 g/mol. The number of hydrogen-bond donors (Lipinski definition) is 2. The van der Waals surface area contributed by atoms with Gasteiger partial charge in [0.25, 0.3) is 0 Å². The Bertz CT molecular complexity index is 1160. The molecule has 0 fully saturated rings. The Morgan fingerprint density at radius 2 is 1.76 bits per heavy atom. The molecule has 7 heteroatoms. The first kappa shape index (κ1) is 19.0. The third kappa shape index (κ3) is 3.95. The van der Waals surface area contributed by atoms with Crippen molar-refractivity contribution in [2.45, 2.75) is 24.3 Å². The first-order valence-corrected chi connectivity index (χ1v) is 10.1. The zero-order chi connectivity index (χ0) is 20.4. The van der Waals surface area contributed by atoms with E-state index in [2.05, 4.69) is 15.5 Å². The van der Waals surface area contributed by atoms with Gasteiger partial charge in [-0.25, -0.2) is 4.68 Å². The van der Waals surface area contributed by atoms with E-state index in [4.69, 9.17) is 5.84 Å². The van der Waals surface area contributed by atoms with Crippen LogP contribution >= 0.6 is 11.8 Å². The smallest absolute Gasteiger partial charge is 0.237 e. The summed E-state index contributed by atoms with van der Waals surface area (Å²) in [6, 6.07) is 21.7. The van der Waals surface area contributed by atoms with Gasteiger partial charge in [0.05, 0.1) is 5.25 Å². The van der Waals surface area contributed by atoms with Gasteiger partial charge in [-0.2, -0.15) is 0 Å². The number of rotatable bonds is 5. The summed E-state index contributed by atoms with van der Waals surface area (Å²) in [7, 11) is 0. The lowest BCUT2D eigenvalue weighted by Gasteiger charge is -2.13. The van der Waals surface area contributed by atoms with Crippen molar-refractivity contribution >= 4 is 34.1 Å². The molecule has 0 saturated heterocycles. The molecule has 1 atom stereocenters. The molecule has 3 aromatic carbocycles. The highest BCUT2D eigenvalue weighted by Crippen LogP contribution is 2.27. The number of nitrogen functional groups attached to an aromatic ring is 1. The topological polar surface area (TPSA) is 85.8 Å². The van der Waals surface area contributed by atoms with Crippen molar-refractivity contribution < 1.29 is 4.79 Å². The van der Waals surface area contributed by atoms with Crippen LogP contribution in [0.4, 0.5) is 5.69 Å². The van der Waals surface area contributed by atoms with Gasteiger partial charge in [-0.05, 0) is 25.3 Å². The number of hydrogen-bond acceptors (Lipinski definition) is 5. The predicted octanol–water partition coefficient (Wildman–Crippen LogP) is 4.24. The zero-order valence-electron chi connectivity index (χ0n) is 16.2. The van der Waals surface area contributed by atoms with E-state index in [-0.39, 0.29) is 5.91 Å². The van der Waals surface area contributed by atoms with Crippen molar-refractivity contribution in [2.24, 2.45) is 0 Å². The second kappa shape index (κ2) is 7.97. The minimum absolute atomic E-state index is 0.119. The van der Waals surface area contributed by atoms with Gasteiger partial charge >= 0.3 is 0 Å². The normalized spacial score (nSPS) is 12.1. The van der Waals surface area contributed by atoms with Gasteiger partial charge in [0.15, 0.2) is 5.82 Å². The second-order valence-electron chi connectivity index (χ2n) is 6.82. The van der Waals surface area contributed by atoms with E-state index >= 15 is 0 Å².